The highest BCUT2D eigenvalue weighted by atomic mass is 16.5. The molecule has 134 valence electrons. The third-order valence-electron chi connectivity index (χ3n) is 3.76. The molecule has 1 aliphatic heterocycles. The average molecular weight is 354 g/mol. The minimum absolute atomic E-state index is 0.280. The second-order valence-electron chi connectivity index (χ2n) is 5.87. The average Bonchev–Trinajstić information content (AvgIpc) is 2.62. The van der Waals surface area contributed by atoms with Crippen LogP contribution in [0.5, 0.6) is 5.75 Å². The molecule has 2 aromatic rings. The van der Waals surface area contributed by atoms with Crippen molar-refractivity contribution in [3.63, 3.8) is 0 Å². The molecule has 26 heavy (non-hydrogen) atoms. The lowest BCUT2D eigenvalue weighted by Crippen LogP contribution is -2.39. The number of para-hydroxylation sites is 2. The number of aryl methyl sites for hydroxylation is 1. The molecule has 2 amide bonds. The largest absolute Gasteiger partial charge is 0.478 e. The van der Waals surface area contributed by atoms with Gasteiger partial charge in [-0.1, -0.05) is 29.8 Å². The summed E-state index contributed by atoms with van der Waals surface area (Å²) < 4.78 is 10.4. The van der Waals surface area contributed by atoms with Crippen LogP contribution in [0.3, 0.4) is 0 Å². The van der Waals surface area contributed by atoms with E-state index in [1.54, 1.807) is 36.4 Å². The van der Waals surface area contributed by atoms with Gasteiger partial charge in [-0.05, 0) is 31.2 Å². The van der Waals surface area contributed by atoms with Gasteiger partial charge in [-0.15, -0.1) is 0 Å². The van der Waals surface area contributed by atoms with Crippen molar-refractivity contribution >= 4 is 29.2 Å². The first kappa shape index (κ1) is 17.5. The number of hydrogen-bond acceptors (Lipinski definition) is 5. The molecule has 7 nitrogen and oxygen atoms in total. The predicted octanol–water partition coefficient (Wildman–Crippen LogP) is 2.27. The van der Waals surface area contributed by atoms with Gasteiger partial charge in [0.1, 0.15) is 5.75 Å². The number of benzene rings is 2. The van der Waals surface area contributed by atoms with Crippen LogP contribution < -0.4 is 15.4 Å². The maximum atomic E-state index is 12.0. The van der Waals surface area contributed by atoms with E-state index in [0.717, 1.165) is 5.56 Å². The van der Waals surface area contributed by atoms with E-state index in [9.17, 15) is 14.4 Å². The molecule has 1 atom stereocenters. The molecule has 0 saturated carbocycles. The molecular weight excluding hydrogens is 336 g/mol. The van der Waals surface area contributed by atoms with Crippen LogP contribution in [0, 0.1) is 6.92 Å². The molecule has 0 spiro atoms. The fourth-order valence-electron chi connectivity index (χ4n) is 2.42. The maximum Gasteiger partial charge on any atom is 0.310 e. The molecule has 1 aliphatic rings. The molecule has 1 heterocycles. The molecule has 0 aromatic heterocycles. The van der Waals surface area contributed by atoms with Crippen LogP contribution in [0.4, 0.5) is 11.4 Å². The summed E-state index contributed by atoms with van der Waals surface area (Å²) in [6, 6.07) is 14.2. The van der Waals surface area contributed by atoms with E-state index in [4.69, 9.17) is 9.47 Å². The summed E-state index contributed by atoms with van der Waals surface area (Å²) in [4.78, 5) is 35.7. The quantitative estimate of drug-likeness (QED) is 0.804. The van der Waals surface area contributed by atoms with E-state index in [2.05, 4.69) is 10.6 Å². The van der Waals surface area contributed by atoms with E-state index >= 15 is 0 Å². The van der Waals surface area contributed by atoms with Crippen molar-refractivity contribution in [3.05, 3.63) is 54.1 Å². The van der Waals surface area contributed by atoms with Gasteiger partial charge in [0.05, 0.1) is 12.1 Å². The first-order valence-corrected chi connectivity index (χ1v) is 8.10. The number of anilines is 2. The fourth-order valence-corrected chi connectivity index (χ4v) is 2.42. The summed E-state index contributed by atoms with van der Waals surface area (Å²) >= 11 is 0. The van der Waals surface area contributed by atoms with Gasteiger partial charge >= 0.3 is 5.97 Å². The molecule has 2 aromatic carbocycles. The summed E-state index contributed by atoms with van der Waals surface area (Å²) in [5.74, 6) is -1.09. The number of carbonyl (C=O) groups excluding carboxylic acids is 3. The van der Waals surface area contributed by atoms with Crippen molar-refractivity contribution in [2.24, 2.45) is 0 Å². The van der Waals surface area contributed by atoms with Gasteiger partial charge in [0.25, 0.3) is 11.8 Å². The number of esters is 1. The Kier molecular flexibility index (Phi) is 5.17. The molecule has 3 rings (SSSR count). The van der Waals surface area contributed by atoms with Crippen molar-refractivity contribution < 1.29 is 23.9 Å². The van der Waals surface area contributed by atoms with Crippen molar-refractivity contribution in [2.45, 2.75) is 19.4 Å². The zero-order chi connectivity index (χ0) is 18.5. The lowest BCUT2D eigenvalue weighted by atomic mass is 10.1. The highest BCUT2D eigenvalue weighted by molar-refractivity contribution is 5.99. The topological polar surface area (TPSA) is 93.7 Å². The van der Waals surface area contributed by atoms with Gasteiger partial charge in [-0.2, -0.15) is 0 Å². The third-order valence-corrected chi connectivity index (χ3v) is 3.76. The van der Waals surface area contributed by atoms with Crippen LogP contribution >= 0.6 is 0 Å². The first-order valence-electron chi connectivity index (χ1n) is 8.10. The number of ether oxygens (including phenoxy) is 2. The van der Waals surface area contributed by atoms with Crippen LogP contribution in [0.1, 0.15) is 12.0 Å². The molecule has 0 radical (unpaired) electrons. The Labute approximate surface area is 150 Å². The van der Waals surface area contributed by atoms with E-state index in [1.807, 2.05) is 19.1 Å². The Balaban J connectivity index is 1.47. The molecule has 2 N–H and O–H groups in total. The predicted molar refractivity (Wildman–Crippen MR) is 94.9 cm³/mol. The smallest absolute Gasteiger partial charge is 0.310 e. The Morgan fingerprint density at radius 1 is 1.15 bits per heavy atom. The molecule has 0 fully saturated rings. The third kappa shape index (κ3) is 4.38. The lowest BCUT2D eigenvalue weighted by Gasteiger charge is -2.25. The number of amides is 2. The zero-order valence-electron chi connectivity index (χ0n) is 14.2. The minimum Gasteiger partial charge on any atom is -0.478 e. The van der Waals surface area contributed by atoms with Crippen LogP contribution in [0.2, 0.25) is 0 Å². The molecule has 7 heteroatoms. The Morgan fingerprint density at radius 3 is 2.65 bits per heavy atom. The fraction of sp³-hybridized carbons (Fsp3) is 0.211. The number of fused-ring (bicyclic) bond motifs is 1. The Hall–Kier alpha value is -3.35. The SMILES string of the molecule is Cc1ccc(NC(=O)COC(=O)C[C@@H]2Oc3ccccc3NC2=O)cc1. The van der Waals surface area contributed by atoms with E-state index in [-0.39, 0.29) is 6.42 Å². The zero-order valence-corrected chi connectivity index (χ0v) is 14.2. The van der Waals surface area contributed by atoms with Gasteiger partial charge in [-0.25, -0.2) is 0 Å². The molecule has 0 aliphatic carbocycles. The summed E-state index contributed by atoms with van der Waals surface area (Å²) in [6.45, 7) is 1.51. The van der Waals surface area contributed by atoms with Crippen molar-refractivity contribution in [1.82, 2.24) is 0 Å². The second-order valence-corrected chi connectivity index (χ2v) is 5.87. The van der Waals surface area contributed by atoms with Gasteiger partial charge < -0.3 is 20.1 Å². The van der Waals surface area contributed by atoms with Crippen LogP contribution in [0.15, 0.2) is 48.5 Å². The van der Waals surface area contributed by atoms with Crippen LogP contribution in [-0.2, 0) is 19.1 Å². The summed E-state index contributed by atoms with van der Waals surface area (Å²) in [7, 11) is 0. The van der Waals surface area contributed by atoms with E-state index in [1.165, 1.54) is 0 Å². The summed E-state index contributed by atoms with van der Waals surface area (Å²) in [5, 5.41) is 5.29. The molecule has 0 unspecified atom stereocenters. The monoisotopic (exact) mass is 354 g/mol. The van der Waals surface area contributed by atoms with Crippen LogP contribution in [-0.4, -0.2) is 30.5 Å². The Bertz CT molecular complexity index is 832. The van der Waals surface area contributed by atoms with Crippen molar-refractivity contribution in [1.29, 1.82) is 0 Å². The van der Waals surface area contributed by atoms with Gasteiger partial charge in [0, 0.05) is 5.69 Å². The van der Waals surface area contributed by atoms with Crippen LogP contribution in [0.25, 0.3) is 0 Å². The molecule has 0 bridgehead atoms. The molecule has 0 saturated heterocycles. The van der Waals surface area contributed by atoms with E-state index < -0.39 is 30.5 Å². The Morgan fingerprint density at radius 2 is 1.88 bits per heavy atom. The summed E-state index contributed by atoms with van der Waals surface area (Å²) in [6.07, 6.45) is -1.27. The van der Waals surface area contributed by atoms with Crippen molar-refractivity contribution in [3.8, 4) is 5.75 Å². The second kappa shape index (κ2) is 7.69. The molecular formula is C19H18N2O5. The normalized spacial score (nSPS) is 15.3. The van der Waals surface area contributed by atoms with Gasteiger partial charge in [0.2, 0.25) is 0 Å². The first-order chi connectivity index (χ1) is 12.5. The number of hydrogen-bond donors (Lipinski definition) is 2. The lowest BCUT2D eigenvalue weighted by molar-refractivity contribution is -0.150. The van der Waals surface area contributed by atoms with Crippen molar-refractivity contribution in [2.75, 3.05) is 17.2 Å². The summed E-state index contributed by atoms with van der Waals surface area (Å²) in [5.41, 5.74) is 2.24. The number of nitrogens with one attached hydrogen (secondary N) is 2. The number of carbonyl (C=O) groups is 3. The highest BCUT2D eigenvalue weighted by Crippen LogP contribution is 2.29. The maximum absolute atomic E-state index is 12.0. The number of rotatable bonds is 5. The van der Waals surface area contributed by atoms with Gasteiger partial charge in [0.15, 0.2) is 12.7 Å². The minimum atomic E-state index is -0.988. The standard InChI is InChI=1S/C19H18N2O5/c1-12-6-8-13(9-7-12)20-17(22)11-25-18(23)10-16-19(24)21-14-4-2-3-5-15(14)26-16/h2-9,16H,10-11H2,1H3,(H,20,22)(H,21,24)/t16-/m0/s1. The van der Waals surface area contributed by atoms with E-state index in [0.29, 0.717) is 17.1 Å². The highest BCUT2D eigenvalue weighted by Gasteiger charge is 2.30. The van der Waals surface area contributed by atoms with Gasteiger partial charge in [-0.3, -0.25) is 14.4 Å².